The number of carbonyl (C=O) groups excluding carboxylic acids is 3. The maximum Gasteiger partial charge on any atom is 0.408 e. The lowest BCUT2D eigenvalue weighted by molar-refractivity contribution is -0.142. The summed E-state index contributed by atoms with van der Waals surface area (Å²) in [6.07, 6.45) is 4.76. The van der Waals surface area contributed by atoms with Crippen molar-refractivity contribution in [2.24, 2.45) is 5.92 Å². The molecule has 0 radical (unpaired) electrons. The number of anilines is 1. The van der Waals surface area contributed by atoms with Crippen LogP contribution in [-0.2, 0) is 14.3 Å². The van der Waals surface area contributed by atoms with Gasteiger partial charge in [0.15, 0.2) is 0 Å². The second-order valence-electron chi connectivity index (χ2n) is 10.5. The van der Waals surface area contributed by atoms with Gasteiger partial charge in [-0.25, -0.2) is 4.79 Å². The summed E-state index contributed by atoms with van der Waals surface area (Å²) in [6, 6.07) is 10.3. The summed E-state index contributed by atoms with van der Waals surface area (Å²) in [5.41, 5.74) is 2.75. The van der Waals surface area contributed by atoms with Crippen LogP contribution in [0.1, 0.15) is 62.9 Å². The summed E-state index contributed by atoms with van der Waals surface area (Å²) >= 11 is 0. The summed E-state index contributed by atoms with van der Waals surface area (Å²) in [6.45, 7) is 12.0. The number of amides is 3. The highest BCUT2D eigenvalue weighted by atomic mass is 16.6. The van der Waals surface area contributed by atoms with Gasteiger partial charge in [-0.2, -0.15) is 0 Å². The van der Waals surface area contributed by atoms with Crippen molar-refractivity contribution in [1.82, 2.24) is 10.2 Å². The number of aliphatic hydroxyl groups is 1. The van der Waals surface area contributed by atoms with Crippen LogP contribution < -0.4 is 10.6 Å². The fourth-order valence-electron chi connectivity index (χ4n) is 4.04. The molecule has 0 saturated carbocycles. The minimum atomic E-state index is -1.11. The minimum absolute atomic E-state index is 0.139. The van der Waals surface area contributed by atoms with E-state index in [1.165, 1.54) is 4.90 Å². The van der Waals surface area contributed by atoms with E-state index in [4.69, 9.17) is 11.2 Å². The Bertz CT molecular complexity index is 1160. The van der Waals surface area contributed by atoms with Crippen molar-refractivity contribution in [2.45, 2.75) is 66.2 Å². The summed E-state index contributed by atoms with van der Waals surface area (Å²) in [5.74, 6) is 1.23. The molecule has 3 amide bonds. The number of carbonyl (C=O) groups is 3. The van der Waals surface area contributed by atoms with Crippen LogP contribution in [0.5, 0.6) is 0 Å². The molecule has 2 unspecified atom stereocenters. The summed E-state index contributed by atoms with van der Waals surface area (Å²) in [4.78, 5) is 41.6. The SMILES string of the molecule is C#Cc1ccc(C(C(=O)Nc2c(C)cccc2C)N(CCO)C(=O)C(NC(=O)OC(C)(C)C)C(C)C)cc1. The zero-order valence-electron chi connectivity index (χ0n) is 23.3. The summed E-state index contributed by atoms with van der Waals surface area (Å²) in [7, 11) is 0. The molecular weight excluding hydrogens is 482 g/mol. The van der Waals surface area contributed by atoms with Gasteiger partial charge in [0.2, 0.25) is 5.91 Å². The third-order valence-electron chi connectivity index (χ3n) is 5.91. The molecule has 2 atom stereocenters. The maximum absolute atomic E-state index is 13.9. The van der Waals surface area contributed by atoms with Crippen LogP contribution in [0.25, 0.3) is 0 Å². The molecule has 2 aromatic rings. The van der Waals surface area contributed by atoms with Crippen LogP contribution >= 0.6 is 0 Å². The first-order valence-corrected chi connectivity index (χ1v) is 12.6. The molecule has 8 nitrogen and oxygen atoms in total. The van der Waals surface area contributed by atoms with Gasteiger partial charge in [-0.1, -0.05) is 50.1 Å². The van der Waals surface area contributed by atoms with Gasteiger partial charge in [0.05, 0.1) is 6.61 Å². The van der Waals surface area contributed by atoms with Gasteiger partial charge in [-0.3, -0.25) is 9.59 Å². The number of ether oxygens (including phenoxy) is 1. The molecule has 0 aliphatic rings. The lowest BCUT2D eigenvalue weighted by atomic mass is 9.98. The van der Waals surface area contributed by atoms with E-state index in [-0.39, 0.29) is 12.5 Å². The average Bonchev–Trinajstić information content (AvgIpc) is 2.83. The number of aliphatic hydroxyl groups excluding tert-OH is 1. The van der Waals surface area contributed by atoms with Crippen LogP contribution in [0.15, 0.2) is 42.5 Å². The fraction of sp³-hybridized carbons (Fsp3) is 0.433. The van der Waals surface area contributed by atoms with Gasteiger partial charge < -0.3 is 25.4 Å². The molecule has 8 heteroatoms. The van der Waals surface area contributed by atoms with Crippen LogP contribution in [0.4, 0.5) is 10.5 Å². The Morgan fingerprint density at radius 3 is 2.11 bits per heavy atom. The highest BCUT2D eigenvalue weighted by Gasteiger charge is 2.37. The van der Waals surface area contributed by atoms with Crippen molar-refractivity contribution in [1.29, 1.82) is 0 Å². The van der Waals surface area contributed by atoms with Gasteiger partial charge in [0.25, 0.3) is 5.91 Å². The molecule has 0 aliphatic carbocycles. The Kier molecular flexibility index (Phi) is 10.5. The first-order valence-electron chi connectivity index (χ1n) is 12.6. The Labute approximate surface area is 225 Å². The predicted octanol–water partition coefficient (Wildman–Crippen LogP) is 4.33. The van der Waals surface area contributed by atoms with E-state index in [0.717, 1.165) is 11.1 Å². The number of alkyl carbamates (subject to hydrolysis) is 1. The number of nitrogens with zero attached hydrogens (tertiary/aromatic N) is 1. The van der Waals surface area contributed by atoms with Crippen molar-refractivity contribution in [3.05, 3.63) is 64.7 Å². The zero-order valence-corrected chi connectivity index (χ0v) is 23.3. The van der Waals surface area contributed by atoms with Gasteiger partial charge in [0, 0.05) is 17.8 Å². The minimum Gasteiger partial charge on any atom is -0.444 e. The number of nitrogens with one attached hydrogen (secondary N) is 2. The molecule has 0 fully saturated rings. The molecule has 2 aromatic carbocycles. The first-order chi connectivity index (χ1) is 17.8. The van der Waals surface area contributed by atoms with Crippen molar-refractivity contribution in [3.8, 4) is 12.3 Å². The molecule has 3 N–H and O–H groups in total. The summed E-state index contributed by atoms with van der Waals surface area (Å²) in [5, 5.41) is 15.5. The maximum atomic E-state index is 13.9. The monoisotopic (exact) mass is 521 g/mol. The average molecular weight is 522 g/mol. The van der Waals surface area contributed by atoms with Crippen molar-refractivity contribution < 1.29 is 24.2 Å². The molecule has 2 rings (SSSR count). The van der Waals surface area contributed by atoms with Crippen LogP contribution in [0.3, 0.4) is 0 Å². The Morgan fingerprint density at radius 2 is 1.63 bits per heavy atom. The van der Waals surface area contributed by atoms with E-state index >= 15 is 0 Å². The quantitative estimate of drug-likeness (QED) is 0.426. The highest BCUT2D eigenvalue weighted by molar-refractivity contribution is 6.00. The predicted molar refractivity (Wildman–Crippen MR) is 148 cm³/mol. The van der Waals surface area contributed by atoms with E-state index < -0.39 is 42.2 Å². The number of para-hydroxylation sites is 1. The van der Waals surface area contributed by atoms with Gasteiger partial charge in [-0.05, 0) is 69.4 Å². The molecule has 0 bridgehead atoms. The lowest BCUT2D eigenvalue weighted by Crippen LogP contribution is -2.55. The number of hydrogen-bond donors (Lipinski definition) is 3. The van der Waals surface area contributed by atoms with Crippen LogP contribution in [0, 0.1) is 32.1 Å². The number of hydrogen-bond acceptors (Lipinski definition) is 5. The van der Waals surface area contributed by atoms with E-state index in [1.807, 2.05) is 32.0 Å². The first kappa shape index (κ1) is 30.4. The Hall–Kier alpha value is -3.83. The molecule has 0 heterocycles. The third kappa shape index (κ3) is 8.09. The standard InChI is InChI=1S/C30H39N3O5/c1-9-22-13-15-23(16-14-22)26(27(35)31-25-20(4)11-10-12-21(25)5)33(17-18-34)28(36)24(19(2)3)32-29(37)38-30(6,7)8/h1,10-16,19,24,26,34H,17-18H2,2-8H3,(H,31,35)(H,32,37). The second kappa shape index (κ2) is 13.1. The van der Waals surface area contributed by atoms with Gasteiger partial charge in [0.1, 0.15) is 17.7 Å². The Morgan fingerprint density at radius 1 is 1.05 bits per heavy atom. The number of aryl methyl sites for hydroxylation is 2. The number of rotatable bonds is 9. The molecule has 0 spiro atoms. The fourth-order valence-corrected chi connectivity index (χ4v) is 4.04. The van der Waals surface area contributed by atoms with Crippen LogP contribution in [0.2, 0.25) is 0 Å². The topological polar surface area (TPSA) is 108 Å². The van der Waals surface area contributed by atoms with Crippen molar-refractivity contribution in [2.75, 3.05) is 18.5 Å². The number of terminal acetylenes is 1. The largest absolute Gasteiger partial charge is 0.444 e. The third-order valence-corrected chi connectivity index (χ3v) is 5.91. The lowest BCUT2D eigenvalue weighted by Gasteiger charge is -2.35. The molecule has 38 heavy (non-hydrogen) atoms. The Balaban J connectivity index is 2.55. The molecular formula is C30H39N3O5. The smallest absolute Gasteiger partial charge is 0.408 e. The molecule has 204 valence electrons. The van der Waals surface area contributed by atoms with Crippen molar-refractivity contribution >= 4 is 23.6 Å². The van der Waals surface area contributed by atoms with E-state index in [1.54, 1.807) is 58.9 Å². The van der Waals surface area contributed by atoms with Crippen LogP contribution in [-0.4, -0.2) is 52.7 Å². The van der Waals surface area contributed by atoms with E-state index in [9.17, 15) is 19.5 Å². The van der Waals surface area contributed by atoms with E-state index in [0.29, 0.717) is 16.8 Å². The van der Waals surface area contributed by atoms with E-state index in [2.05, 4.69) is 16.6 Å². The molecule has 0 saturated heterocycles. The number of benzene rings is 2. The normalized spacial score (nSPS) is 12.7. The molecule has 0 aliphatic heterocycles. The second-order valence-corrected chi connectivity index (χ2v) is 10.5. The molecule has 0 aromatic heterocycles. The van der Waals surface area contributed by atoms with Crippen molar-refractivity contribution in [3.63, 3.8) is 0 Å². The zero-order chi connectivity index (χ0) is 28.6. The highest BCUT2D eigenvalue weighted by Crippen LogP contribution is 2.27. The summed E-state index contributed by atoms with van der Waals surface area (Å²) < 4.78 is 5.36. The van der Waals surface area contributed by atoms with Gasteiger partial charge >= 0.3 is 6.09 Å². The van der Waals surface area contributed by atoms with Gasteiger partial charge in [-0.15, -0.1) is 6.42 Å².